The van der Waals surface area contributed by atoms with Gasteiger partial charge < -0.3 is 15.4 Å². The molecule has 0 aliphatic carbocycles. The van der Waals surface area contributed by atoms with Crippen molar-refractivity contribution in [3.63, 3.8) is 0 Å². The van der Waals surface area contributed by atoms with Crippen molar-refractivity contribution in [1.29, 1.82) is 0 Å². The van der Waals surface area contributed by atoms with Crippen LogP contribution in [0.4, 0.5) is 0 Å². The Kier molecular flexibility index (Phi) is 8.09. The lowest BCUT2D eigenvalue weighted by atomic mass is 10.1. The second kappa shape index (κ2) is 9.55. The number of carbonyl (C=O) groups excluding carboxylic acids is 1. The van der Waals surface area contributed by atoms with E-state index in [2.05, 4.69) is 27.1 Å². The molecule has 6 heteroatoms. The number of nitrogens with one attached hydrogen (secondary N) is 2. The molecule has 0 aromatic rings. The van der Waals surface area contributed by atoms with Gasteiger partial charge in [-0.15, -0.1) is 6.58 Å². The molecule has 0 atom stereocenters. The average molecular weight is 324 g/mol. The molecule has 0 aromatic carbocycles. The summed E-state index contributed by atoms with van der Waals surface area (Å²) in [7, 11) is 0. The van der Waals surface area contributed by atoms with Crippen LogP contribution in [0.2, 0.25) is 0 Å². The molecule has 1 rings (SSSR count). The van der Waals surface area contributed by atoms with Gasteiger partial charge in [-0.05, 0) is 40.5 Å². The summed E-state index contributed by atoms with van der Waals surface area (Å²) in [5.74, 6) is 0.371. The fraction of sp³-hybridized carbons (Fsp3) is 0.765. The second-order valence-electron chi connectivity index (χ2n) is 6.79. The lowest BCUT2D eigenvalue weighted by molar-refractivity contribution is -0.152. The summed E-state index contributed by atoms with van der Waals surface area (Å²) in [4.78, 5) is 18.5. The van der Waals surface area contributed by atoms with Crippen molar-refractivity contribution in [2.24, 2.45) is 4.99 Å². The zero-order valence-electron chi connectivity index (χ0n) is 15.0. The average Bonchev–Trinajstić information content (AvgIpc) is 2.45. The van der Waals surface area contributed by atoms with Crippen molar-refractivity contribution in [3.05, 3.63) is 12.7 Å². The summed E-state index contributed by atoms with van der Waals surface area (Å²) in [6, 6.07) is 0.382. The van der Waals surface area contributed by atoms with Crippen LogP contribution in [0, 0.1) is 0 Å². The Morgan fingerprint density at radius 2 is 2.04 bits per heavy atom. The summed E-state index contributed by atoms with van der Waals surface area (Å²) in [5.41, 5.74) is -0.476. The van der Waals surface area contributed by atoms with Gasteiger partial charge in [-0.25, -0.2) is 4.99 Å². The Hall–Kier alpha value is -1.56. The summed E-state index contributed by atoms with van der Waals surface area (Å²) in [5, 5.41) is 6.60. The number of aliphatic imine (C=N–C) groups is 1. The quantitative estimate of drug-likeness (QED) is 0.336. The Labute approximate surface area is 140 Å². The molecule has 132 valence electrons. The van der Waals surface area contributed by atoms with Crippen molar-refractivity contribution in [1.82, 2.24) is 15.5 Å². The molecule has 0 saturated carbocycles. The molecule has 0 spiro atoms. The van der Waals surface area contributed by atoms with Crippen LogP contribution in [0.3, 0.4) is 0 Å². The smallest absolute Gasteiger partial charge is 0.328 e. The van der Waals surface area contributed by atoms with Gasteiger partial charge >= 0.3 is 5.97 Å². The van der Waals surface area contributed by atoms with Crippen LogP contribution in [-0.4, -0.2) is 61.2 Å². The van der Waals surface area contributed by atoms with E-state index in [-0.39, 0.29) is 12.5 Å². The summed E-state index contributed by atoms with van der Waals surface area (Å²) >= 11 is 0. The van der Waals surface area contributed by atoms with Gasteiger partial charge in [0.25, 0.3) is 0 Å². The van der Waals surface area contributed by atoms with Gasteiger partial charge in [-0.3, -0.25) is 9.69 Å². The Morgan fingerprint density at radius 1 is 1.39 bits per heavy atom. The molecule has 2 N–H and O–H groups in total. The zero-order valence-corrected chi connectivity index (χ0v) is 15.0. The van der Waals surface area contributed by atoms with Crippen LogP contribution in [-0.2, 0) is 9.53 Å². The fourth-order valence-electron chi connectivity index (χ4n) is 2.47. The van der Waals surface area contributed by atoms with Gasteiger partial charge in [-0.1, -0.05) is 6.08 Å². The maximum Gasteiger partial charge on any atom is 0.328 e. The first-order chi connectivity index (χ1) is 10.8. The van der Waals surface area contributed by atoms with Gasteiger partial charge in [0.2, 0.25) is 0 Å². The molecule has 1 saturated heterocycles. The Morgan fingerprint density at radius 3 is 2.57 bits per heavy atom. The minimum absolute atomic E-state index is 0.0297. The molecule has 23 heavy (non-hydrogen) atoms. The first-order valence-corrected chi connectivity index (χ1v) is 8.44. The van der Waals surface area contributed by atoms with Gasteiger partial charge in [0.1, 0.15) is 12.1 Å². The van der Waals surface area contributed by atoms with E-state index in [0.29, 0.717) is 12.0 Å². The highest BCUT2D eigenvalue weighted by Crippen LogP contribution is 2.10. The number of guanidine groups is 1. The third kappa shape index (κ3) is 8.59. The number of rotatable bonds is 6. The topological polar surface area (TPSA) is 66.0 Å². The molecule has 0 amide bonds. The van der Waals surface area contributed by atoms with Gasteiger partial charge in [0, 0.05) is 32.2 Å². The maximum atomic E-state index is 11.8. The first kappa shape index (κ1) is 19.5. The zero-order chi connectivity index (χ0) is 17.3. The van der Waals surface area contributed by atoms with Crippen LogP contribution < -0.4 is 10.6 Å². The number of hydrogen-bond donors (Lipinski definition) is 2. The van der Waals surface area contributed by atoms with Gasteiger partial charge in [0.05, 0.1) is 0 Å². The monoisotopic (exact) mass is 324 g/mol. The number of ether oxygens (including phenoxy) is 1. The van der Waals surface area contributed by atoms with Gasteiger partial charge in [-0.2, -0.15) is 0 Å². The van der Waals surface area contributed by atoms with E-state index < -0.39 is 5.60 Å². The molecule has 1 heterocycles. The lowest BCUT2D eigenvalue weighted by Gasteiger charge is -2.32. The Bertz CT molecular complexity index is 407. The van der Waals surface area contributed by atoms with E-state index in [1.165, 1.54) is 0 Å². The number of piperidine rings is 1. The predicted octanol–water partition coefficient (Wildman–Crippen LogP) is 1.53. The molecule has 0 aromatic heterocycles. The molecular formula is C17H32N4O2. The predicted molar refractivity (Wildman–Crippen MR) is 94.6 cm³/mol. The maximum absolute atomic E-state index is 11.8. The third-order valence-electron chi connectivity index (χ3n) is 3.45. The molecular weight excluding hydrogens is 292 g/mol. The van der Waals surface area contributed by atoms with Crippen LogP contribution in [0.25, 0.3) is 0 Å². The van der Waals surface area contributed by atoms with Crippen LogP contribution >= 0.6 is 0 Å². The van der Waals surface area contributed by atoms with E-state index >= 15 is 0 Å². The van der Waals surface area contributed by atoms with E-state index in [1.807, 2.05) is 33.8 Å². The molecule has 1 aliphatic heterocycles. The molecule has 0 bridgehead atoms. The fourth-order valence-corrected chi connectivity index (χ4v) is 2.47. The minimum Gasteiger partial charge on any atom is -0.459 e. The van der Waals surface area contributed by atoms with Crippen molar-refractivity contribution in [2.45, 2.75) is 52.2 Å². The van der Waals surface area contributed by atoms with Crippen LogP contribution in [0.1, 0.15) is 40.5 Å². The van der Waals surface area contributed by atoms with E-state index in [1.54, 1.807) is 0 Å². The SMILES string of the molecule is C=CCN1CCC(NC(=NCC(=O)OC(C)(C)C)NCC)CC1. The van der Waals surface area contributed by atoms with Crippen molar-refractivity contribution in [2.75, 3.05) is 32.7 Å². The highest BCUT2D eigenvalue weighted by Gasteiger charge is 2.20. The number of nitrogens with zero attached hydrogens (tertiary/aromatic N) is 2. The normalized spacial score (nSPS) is 17.7. The largest absolute Gasteiger partial charge is 0.459 e. The molecule has 1 fully saturated rings. The summed E-state index contributed by atoms with van der Waals surface area (Å²) in [6.07, 6.45) is 4.06. The second-order valence-corrected chi connectivity index (χ2v) is 6.79. The number of likely N-dealkylation sites (tertiary alicyclic amines) is 1. The summed E-state index contributed by atoms with van der Waals surface area (Å²) < 4.78 is 5.28. The first-order valence-electron chi connectivity index (χ1n) is 8.44. The molecule has 1 aliphatic rings. The number of esters is 1. The highest BCUT2D eigenvalue weighted by molar-refractivity contribution is 5.83. The van der Waals surface area contributed by atoms with E-state index in [4.69, 9.17) is 4.74 Å². The van der Waals surface area contributed by atoms with Crippen LogP contribution in [0.15, 0.2) is 17.6 Å². The Balaban J connectivity index is 2.47. The summed E-state index contributed by atoms with van der Waals surface area (Å²) in [6.45, 7) is 15.2. The van der Waals surface area contributed by atoms with Gasteiger partial charge in [0.15, 0.2) is 5.96 Å². The van der Waals surface area contributed by atoms with Crippen molar-refractivity contribution in [3.8, 4) is 0 Å². The highest BCUT2D eigenvalue weighted by atomic mass is 16.6. The third-order valence-corrected chi connectivity index (χ3v) is 3.45. The van der Waals surface area contributed by atoms with Crippen molar-refractivity contribution >= 4 is 11.9 Å². The standard InChI is InChI=1S/C17H32N4O2/c1-6-10-21-11-8-14(9-12-21)20-16(18-7-2)19-13-15(22)23-17(3,4)5/h6,14H,1,7-13H2,2-5H3,(H2,18,19,20). The van der Waals surface area contributed by atoms with Crippen LogP contribution in [0.5, 0.6) is 0 Å². The number of carbonyl (C=O) groups is 1. The van der Waals surface area contributed by atoms with E-state index in [0.717, 1.165) is 39.0 Å². The minimum atomic E-state index is -0.476. The number of hydrogen-bond acceptors (Lipinski definition) is 4. The molecule has 6 nitrogen and oxygen atoms in total. The molecule has 0 unspecified atom stereocenters. The van der Waals surface area contributed by atoms with E-state index in [9.17, 15) is 4.79 Å². The lowest BCUT2D eigenvalue weighted by Crippen LogP contribution is -2.48. The molecule has 0 radical (unpaired) electrons. The van der Waals surface area contributed by atoms with Crippen molar-refractivity contribution < 1.29 is 9.53 Å².